The summed E-state index contributed by atoms with van der Waals surface area (Å²) in [6.07, 6.45) is 3.74. The molecule has 0 saturated carbocycles. The summed E-state index contributed by atoms with van der Waals surface area (Å²) in [5.74, 6) is 0.784. The molecule has 0 spiro atoms. The van der Waals surface area contributed by atoms with Crippen LogP contribution in [0.1, 0.15) is 43.2 Å². The second-order valence-electron chi connectivity index (χ2n) is 4.04. The molecule has 0 unspecified atom stereocenters. The van der Waals surface area contributed by atoms with Crippen LogP contribution in [0.2, 0.25) is 0 Å². The molecule has 0 atom stereocenters. The number of nitrogens with zero attached hydrogens (tertiary/aromatic N) is 1. The van der Waals surface area contributed by atoms with Crippen LogP contribution in [-0.4, -0.2) is 17.6 Å². The Hall–Kier alpha value is -1.32. The molecule has 0 saturated heterocycles. The second kappa shape index (κ2) is 6.30. The van der Waals surface area contributed by atoms with Crippen molar-refractivity contribution in [1.82, 2.24) is 10.5 Å². The molecule has 0 radical (unpaired) electrons. The van der Waals surface area contributed by atoms with Gasteiger partial charge in [-0.25, -0.2) is 0 Å². The number of carbonyl (C=O) groups is 1. The number of aromatic nitrogens is 1. The first-order valence-electron chi connectivity index (χ1n) is 5.83. The highest BCUT2D eigenvalue weighted by atomic mass is 16.5. The van der Waals surface area contributed by atoms with Crippen LogP contribution in [0.3, 0.4) is 0 Å². The van der Waals surface area contributed by atoms with Crippen LogP contribution in [0.4, 0.5) is 0 Å². The molecule has 1 rings (SSSR count). The summed E-state index contributed by atoms with van der Waals surface area (Å²) in [5, 5.41) is 6.73. The van der Waals surface area contributed by atoms with Gasteiger partial charge in [-0.3, -0.25) is 4.79 Å². The van der Waals surface area contributed by atoms with Gasteiger partial charge in [0, 0.05) is 12.1 Å². The van der Waals surface area contributed by atoms with E-state index in [0.29, 0.717) is 6.42 Å². The van der Waals surface area contributed by atoms with Crippen LogP contribution < -0.4 is 5.32 Å². The number of rotatable bonds is 6. The number of amides is 1. The fourth-order valence-electron chi connectivity index (χ4n) is 1.58. The number of unbranched alkanes of at least 4 members (excludes halogenated alkanes) is 2. The van der Waals surface area contributed by atoms with Gasteiger partial charge in [0.25, 0.3) is 0 Å². The maximum atomic E-state index is 11.6. The Balaban J connectivity index is 2.34. The van der Waals surface area contributed by atoms with Gasteiger partial charge in [-0.05, 0) is 20.3 Å². The normalized spacial score (nSPS) is 10.4. The molecular formula is C12H20N2O2. The van der Waals surface area contributed by atoms with E-state index in [1.807, 2.05) is 13.8 Å². The Kier molecular flexibility index (Phi) is 5.02. The number of carbonyl (C=O) groups excluding carboxylic acids is 1. The van der Waals surface area contributed by atoms with E-state index in [2.05, 4.69) is 17.4 Å². The summed E-state index contributed by atoms with van der Waals surface area (Å²) >= 11 is 0. The van der Waals surface area contributed by atoms with E-state index >= 15 is 0 Å². The highest BCUT2D eigenvalue weighted by molar-refractivity contribution is 5.78. The SMILES string of the molecule is CCCCCNC(=O)Cc1c(C)noc1C. The maximum absolute atomic E-state index is 11.6. The number of hydrogen-bond donors (Lipinski definition) is 1. The zero-order valence-corrected chi connectivity index (χ0v) is 10.3. The first-order valence-corrected chi connectivity index (χ1v) is 5.83. The molecule has 1 heterocycles. The van der Waals surface area contributed by atoms with Gasteiger partial charge in [-0.2, -0.15) is 0 Å². The molecule has 1 aromatic heterocycles. The van der Waals surface area contributed by atoms with Crippen LogP contribution in [0.15, 0.2) is 4.52 Å². The van der Waals surface area contributed by atoms with Gasteiger partial charge in [-0.15, -0.1) is 0 Å². The van der Waals surface area contributed by atoms with E-state index in [1.165, 1.54) is 6.42 Å². The summed E-state index contributed by atoms with van der Waals surface area (Å²) < 4.78 is 5.01. The third-order valence-corrected chi connectivity index (χ3v) is 2.62. The summed E-state index contributed by atoms with van der Waals surface area (Å²) in [6.45, 7) is 6.59. The van der Waals surface area contributed by atoms with Crippen LogP contribution >= 0.6 is 0 Å². The fourth-order valence-corrected chi connectivity index (χ4v) is 1.58. The molecule has 0 aliphatic rings. The molecule has 1 N–H and O–H groups in total. The second-order valence-corrected chi connectivity index (χ2v) is 4.04. The highest BCUT2D eigenvalue weighted by Gasteiger charge is 2.12. The molecular weight excluding hydrogens is 204 g/mol. The van der Waals surface area contributed by atoms with Crippen molar-refractivity contribution in [3.05, 3.63) is 17.0 Å². The van der Waals surface area contributed by atoms with E-state index in [4.69, 9.17) is 4.52 Å². The Morgan fingerprint density at radius 1 is 1.38 bits per heavy atom. The van der Waals surface area contributed by atoms with Crippen molar-refractivity contribution in [1.29, 1.82) is 0 Å². The standard InChI is InChI=1S/C12H20N2O2/c1-4-5-6-7-13-12(15)8-11-9(2)14-16-10(11)3/h4-8H2,1-3H3,(H,13,15). The van der Waals surface area contributed by atoms with Gasteiger partial charge >= 0.3 is 0 Å². The summed E-state index contributed by atoms with van der Waals surface area (Å²) in [4.78, 5) is 11.6. The van der Waals surface area contributed by atoms with Gasteiger partial charge < -0.3 is 9.84 Å². The highest BCUT2D eigenvalue weighted by Crippen LogP contribution is 2.12. The van der Waals surface area contributed by atoms with Crippen molar-refractivity contribution in [2.75, 3.05) is 6.54 Å². The zero-order chi connectivity index (χ0) is 12.0. The average molecular weight is 224 g/mol. The lowest BCUT2D eigenvalue weighted by molar-refractivity contribution is -0.120. The Labute approximate surface area is 96.4 Å². The van der Waals surface area contributed by atoms with E-state index in [9.17, 15) is 4.79 Å². The fraction of sp³-hybridized carbons (Fsp3) is 0.667. The zero-order valence-electron chi connectivity index (χ0n) is 10.3. The van der Waals surface area contributed by atoms with E-state index in [1.54, 1.807) is 0 Å². The molecule has 16 heavy (non-hydrogen) atoms. The molecule has 0 aliphatic carbocycles. The minimum absolute atomic E-state index is 0.0468. The average Bonchev–Trinajstić information content (AvgIpc) is 2.56. The quantitative estimate of drug-likeness (QED) is 0.753. The Bertz CT molecular complexity index is 325. The Morgan fingerprint density at radius 2 is 2.12 bits per heavy atom. The van der Waals surface area contributed by atoms with E-state index < -0.39 is 0 Å². The lowest BCUT2D eigenvalue weighted by Gasteiger charge is -2.04. The first-order chi connectivity index (χ1) is 7.65. The predicted molar refractivity (Wildman–Crippen MR) is 62.2 cm³/mol. The van der Waals surface area contributed by atoms with Crippen molar-refractivity contribution >= 4 is 5.91 Å². The monoisotopic (exact) mass is 224 g/mol. The lowest BCUT2D eigenvalue weighted by atomic mass is 10.1. The van der Waals surface area contributed by atoms with Crippen molar-refractivity contribution in [3.63, 3.8) is 0 Å². The molecule has 0 aliphatic heterocycles. The molecule has 4 nitrogen and oxygen atoms in total. The van der Waals surface area contributed by atoms with Crippen LogP contribution in [0.25, 0.3) is 0 Å². The molecule has 1 amide bonds. The van der Waals surface area contributed by atoms with Gasteiger partial charge in [0.2, 0.25) is 5.91 Å². The van der Waals surface area contributed by atoms with Gasteiger partial charge in [-0.1, -0.05) is 24.9 Å². The molecule has 4 heteroatoms. The minimum atomic E-state index is 0.0468. The van der Waals surface area contributed by atoms with Gasteiger partial charge in [0.05, 0.1) is 12.1 Å². The van der Waals surface area contributed by atoms with E-state index in [-0.39, 0.29) is 5.91 Å². The van der Waals surface area contributed by atoms with E-state index in [0.717, 1.165) is 36.4 Å². The molecule has 0 fully saturated rings. The van der Waals surface area contributed by atoms with Gasteiger partial charge in [0.15, 0.2) is 0 Å². The van der Waals surface area contributed by atoms with Crippen LogP contribution in [0, 0.1) is 13.8 Å². The molecule has 1 aromatic rings. The van der Waals surface area contributed by atoms with Crippen molar-refractivity contribution in [2.45, 2.75) is 46.5 Å². The largest absolute Gasteiger partial charge is 0.361 e. The maximum Gasteiger partial charge on any atom is 0.224 e. The predicted octanol–water partition coefficient (Wildman–Crippen LogP) is 2.14. The van der Waals surface area contributed by atoms with Crippen LogP contribution in [-0.2, 0) is 11.2 Å². The molecule has 0 aromatic carbocycles. The smallest absolute Gasteiger partial charge is 0.224 e. The number of aryl methyl sites for hydroxylation is 2. The number of nitrogens with one attached hydrogen (secondary N) is 1. The summed E-state index contributed by atoms with van der Waals surface area (Å²) in [5.41, 5.74) is 1.72. The topological polar surface area (TPSA) is 55.1 Å². The Morgan fingerprint density at radius 3 is 2.69 bits per heavy atom. The van der Waals surface area contributed by atoms with Crippen molar-refractivity contribution < 1.29 is 9.32 Å². The number of hydrogen-bond acceptors (Lipinski definition) is 3. The van der Waals surface area contributed by atoms with Crippen molar-refractivity contribution in [2.24, 2.45) is 0 Å². The van der Waals surface area contributed by atoms with Crippen LogP contribution in [0.5, 0.6) is 0 Å². The lowest BCUT2D eigenvalue weighted by Crippen LogP contribution is -2.26. The first kappa shape index (κ1) is 12.7. The minimum Gasteiger partial charge on any atom is -0.361 e. The summed E-state index contributed by atoms with van der Waals surface area (Å²) in [7, 11) is 0. The summed E-state index contributed by atoms with van der Waals surface area (Å²) in [6, 6.07) is 0. The van der Waals surface area contributed by atoms with Gasteiger partial charge in [0.1, 0.15) is 5.76 Å². The van der Waals surface area contributed by atoms with Crippen molar-refractivity contribution in [3.8, 4) is 0 Å². The third kappa shape index (κ3) is 3.68. The molecule has 0 bridgehead atoms. The molecule has 90 valence electrons. The third-order valence-electron chi connectivity index (χ3n) is 2.62.